The molecule has 41 heavy (non-hydrogen) atoms. The number of Topliss-reactive ketones (excluding diaryl/α,β-unsaturated/α-hetero) is 2. The van der Waals surface area contributed by atoms with Gasteiger partial charge in [0.05, 0.1) is 11.6 Å². The quantitative estimate of drug-likeness (QED) is 0.325. The summed E-state index contributed by atoms with van der Waals surface area (Å²) < 4.78 is 0. The second-order valence-corrected chi connectivity index (χ2v) is 13.1. The minimum atomic E-state index is -2.64. The lowest BCUT2D eigenvalue weighted by molar-refractivity contribution is -0.153. The molecule has 1 aliphatic heterocycles. The van der Waals surface area contributed by atoms with Crippen molar-refractivity contribution < 1.29 is 34.8 Å². The van der Waals surface area contributed by atoms with Crippen molar-refractivity contribution in [3.05, 3.63) is 39.7 Å². The van der Waals surface area contributed by atoms with Crippen LogP contribution < -0.4 is 10.6 Å². The van der Waals surface area contributed by atoms with Crippen LogP contribution in [-0.4, -0.2) is 101 Å². The van der Waals surface area contributed by atoms with Crippen LogP contribution in [0.5, 0.6) is 5.75 Å². The molecule has 5 aliphatic rings. The number of nitrogens with zero attached hydrogens (tertiary/aromatic N) is 3. The third kappa shape index (κ3) is 3.71. The van der Waals surface area contributed by atoms with E-state index in [9.17, 15) is 34.8 Å². The highest BCUT2D eigenvalue weighted by atomic mass is 16.3. The Morgan fingerprint density at radius 2 is 1.78 bits per heavy atom. The van der Waals surface area contributed by atoms with Crippen LogP contribution in [0.2, 0.25) is 0 Å². The van der Waals surface area contributed by atoms with Crippen LogP contribution >= 0.6 is 0 Å². The number of benzene rings is 1. The van der Waals surface area contributed by atoms with Crippen LogP contribution in [0.3, 0.4) is 0 Å². The van der Waals surface area contributed by atoms with Gasteiger partial charge in [-0.2, -0.15) is 0 Å². The summed E-state index contributed by atoms with van der Waals surface area (Å²) >= 11 is 0. The van der Waals surface area contributed by atoms with E-state index in [1.165, 1.54) is 24.2 Å². The molecule has 6 rings (SSSR count). The lowest BCUT2D eigenvalue weighted by Crippen LogP contribution is -2.65. The normalized spacial score (nSPS) is 30.5. The summed E-state index contributed by atoms with van der Waals surface area (Å²) in [5, 5.41) is 46.0. The van der Waals surface area contributed by atoms with Gasteiger partial charge in [-0.3, -0.25) is 24.2 Å². The molecule has 0 radical (unpaired) electrons. The van der Waals surface area contributed by atoms with Gasteiger partial charge in [-0.05, 0) is 62.7 Å². The van der Waals surface area contributed by atoms with E-state index in [4.69, 9.17) is 5.73 Å². The Balaban J connectivity index is 1.47. The van der Waals surface area contributed by atoms with Crippen LogP contribution in [0, 0.1) is 17.3 Å². The Labute approximate surface area is 238 Å². The number of likely N-dealkylation sites (N-methyl/N-ethyl adjacent to an activating group) is 1. The average molecular weight is 567 g/mol. The van der Waals surface area contributed by atoms with Gasteiger partial charge in [-0.15, -0.1) is 0 Å². The van der Waals surface area contributed by atoms with Gasteiger partial charge in [0.1, 0.15) is 22.8 Å². The molecule has 2 saturated carbocycles. The van der Waals surface area contributed by atoms with Gasteiger partial charge >= 0.3 is 0 Å². The Morgan fingerprint density at radius 1 is 1.12 bits per heavy atom. The predicted octanol–water partition coefficient (Wildman–Crippen LogP) is 1.02. The van der Waals surface area contributed by atoms with Crippen LogP contribution in [0.1, 0.15) is 42.4 Å². The summed E-state index contributed by atoms with van der Waals surface area (Å²) in [6.07, 6.45) is 4.03. The van der Waals surface area contributed by atoms with E-state index < -0.39 is 58.0 Å². The summed E-state index contributed by atoms with van der Waals surface area (Å²) in [6.45, 7) is 2.41. The third-order valence-electron chi connectivity index (χ3n) is 10.2. The number of ketones is 2. The number of carbonyl (C=O) groups is 3. The first-order chi connectivity index (χ1) is 19.2. The number of hydrogen-bond acceptors (Lipinski definition) is 10. The zero-order valence-corrected chi connectivity index (χ0v) is 23.9. The maximum absolute atomic E-state index is 14.1. The van der Waals surface area contributed by atoms with Crippen LogP contribution in [0.4, 0.5) is 5.69 Å². The topological polar surface area (TPSA) is 168 Å². The Bertz CT molecular complexity index is 1450. The van der Waals surface area contributed by atoms with Crippen molar-refractivity contribution in [2.45, 2.75) is 50.3 Å². The van der Waals surface area contributed by atoms with Gasteiger partial charge < -0.3 is 31.1 Å². The minimum absolute atomic E-state index is 0.0665. The highest BCUT2D eigenvalue weighted by Gasteiger charge is 2.64. The molecule has 1 heterocycles. The van der Waals surface area contributed by atoms with Gasteiger partial charge in [0.2, 0.25) is 5.78 Å². The summed E-state index contributed by atoms with van der Waals surface area (Å²) in [7, 11) is 6.92. The summed E-state index contributed by atoms with van der Waals surface area (Å²) in [4.78, 5) is 45.2. The predicted molar refractivity (Wildman–Crippen MR) is 150 cm³/mol. The van der Waals surface area contributed by atoms with E-state index >= 15 is 0 Å². The number of primary amides is 1. The van der Waals surface area contributed by atoms with E-state index in [0.29, 0.717) is 23.1 Å². The number of likely N-dealkylation sites (tertiary alicyclic amines) is 1. The molecule has 220 valence electrons. The fourth-order valence-corrected chi connectivity index (χ4v) is 8.11. The van der Waals surface area contributed by atoms with Crippen molar-refractivity contribution in [2.75, 3.05) is 46.2 Å². The second-order valence-electron chi connectivity index (χ2n) is 13.1. The molecule has 11 heteroatoms. The lowest BCUT2D eigenvalue weighted by Gasteiger charge is -2.56. The first-order valence-electron chi connectivity index (χ1n) is 14.1. The summed E-state index contributed by atoms with van der Waals surface area (Å²) in [5.41, 5.74) is 4.45. The molecule has 4 aliphatic carbocycles. The van der Waals surface area contributed by atoms with Crippen molar-refractivity contribution >= 4 is 28.9 Å². The monoisotopic (exact) mass is 566 g/mol. The molecule has 1 aromatic rings. The van der Waals surface area contributed by atoms with Crippen molar-refractivity contribution in [2.24, 2.45) is 23.0 Å². The maximum Gasteiger partial charge on any atom is 0.255 e. The van der Waals surface area contributed by atoms with Gasteiger partial charge in [-0.1, -0.05) is 6.42 Å². The number of anilines is 1. The third-order valence-corrected chi connectivity index (χ3v) is 10.2. The maximum atomic E-state index is 14.1. The largest absolute Gasteiger partial charge is 0.508 e. The Morgan fingerprint density at radius 3 is 2.32 bits per heavy atom. The molecule has 1 amide bonds. The number of aliphatic hydroxyl groups is 3. The number of fused-ring (bicyclic) bond motifs is 3. The number of phenols is 1. The van der Waals surface area contributed by atoms with E-state index in [0.717, 1.165) is 18.8 Å². The van der Waals surface area contributed by atoms with E-state index in [1.807, 2.05) is 25.1 Å². The minimum Gasteiger partial charge on any atom is -0.508 e. The standard InChI is InChI=1S/C30H38N4O7/c1-32(2)18-10-15(11-34-12-29(13-34)6-5-7-29)23(35)20-16(18)8-14-9-17-22(33(3)4)25(37)21(28(31)40)27(39)30(17,41)26(38)19(14)24(20)36/h10,14,17,22,35-36,39,41H,5-9,11-13H2,1-4H3,(H2,31,40)/t14-,17-,22-,30-/m0/s1. The molecule has 6 N–H and O–H groups in total. The number of amides is 1. The number of hydrogen-bond donors (Lipinski definition) is 5. The highest BCUT2D eigenvalue weighted by Crippen LogP contribution is 2.55. The van der Waals surface area contributed by atoms with E-state index in [1.54, 1.807) is 14.1 Å². The Hall–Kier alpha value is -3.41. The number of aliphatic hydroxyl groups excluding tert-OH is 2. The van der Waals surface area contributed by atoms with Crippen LogP contribution in [-0.2, 0) is 27.3 Å². The fourth-order valence-electron chi connectivity index (χ4n) is 8.11. The smallest absolute Gasteiger partial charge is 0.255 e. The molecule has 4 atom stereocenters. The molecule has 1 saturated heterocycles. The number of phenolic OH excluding ortho intramolecular Hbond substituents is 1. The first-order valence-corrected chi connectivity index (χ1v) is 14.1. The molecule has 1 aromatic carbocycles. The number of aromatic hydroxyl groups is 1. The van der Waals surface area contributed by atoms with E-state index in [-0.39, 0.29) is 29.7 Å². The second kappa shape index (κ2) is 9.04. The number of rotatable bonds is 5. The summed E-state index contributed by atoms with van der Waals surface area (Å²) in [6, 6.07) is 0.826. The van der Waals surface area contributed by atoms with Gasteiger partial charge in [0.15, 0.2) is 11.4 Å². The van der Waals surface area contributed by atoms with Gasteiger partial charge in [-0.25, -0.2) is 0 Å². The highest BCUT2D eigenvalue weighted by molar-refractivity contribution is 6.24. The average Bonchev–Trinajstić information content (AvgIpc) is 2.82. The van der Waals surface area contributed by atoms with Crippen molar-refractivity contribution in [3.63, 3.8) is 0 Å². The Kier molecular flexibility index (Phi) is 6.12. The van der Waals surface area contributed by atoms with Crippen molar-refractivity contribution in [3.8, 4) is 5.75 Å². The SMILES string of the molecule is CN(C)c1cc(CN2CC3(CCC3)C2)c(O)c2c1C[C@H]1C[C@H]3[C@H](N(C)C)C(=O)C(C(N)=O)=C(O)[C@@]3(O)C(=O)C1=C2O. The zero-order valence-electron chi connectivity index (χ0n) is 23.9. The molecule has 1 spiro atoms. The van der Waals surface area contributed by atoms with Gasteiger partial charge in [0, 0.05) is 56.5 Å². The lowest BCUT2D eigenvalue weighted by atomic mass is 9.57. The van der Waals surface area contributed by atoms with Gasteiger partial charge in [0.25, 0.3) is 5.91 Å². The molecular weight excluding hydrogens is 528 g/mol. The van der Waals surface area contributed by atoms with Crippen molar-refractivity contribution in [1.29, 1.82) is 0 Å². The summed E-state index contributed by atoms with van der Waals surface area (Å²) in [5.74, 6) is -6.36. The van der Waals surface area contributed by atoms with Crippen LogP contribution in [0.15, 0.2) is 23.0 Å². The van der Waals surface area contributed by atoms with Crippen molar-refractivity contribution in [1.82, 2.24) is 9.80 Å². The van der Waals surface area contributed by atoms with Crippen LogP contribution in [0.25, 0.3) is 5.76 Å². The van der Waals surface area contributed by atoms with E-state index in [2.05, 4.69) is 4.90 Å². The number of nitrogens with two attached hydrogens (primary N) is 1. The zero-order chi connectivity index (χ0) is 29.8. The fraction of sp³-hybridized carbons (Fsp3) is 0.567. The molecule has 0 aromatic heterocycles. The molecule has 0 bridgehead atoms. The molecule has 11 nitrogen and oxygen atoms in total. The molecular formula is C30H38N4O7. The molecule has 3 fully saturated rings. The number of carbonyl (C=O) groups excluding carboxylic acids is 3. The first kappa shape index (κ1) is 27.7. The molecule has 0 unspecified atom stereocenters.